The molecule has 4 N–H and O–H groups in total. The van der Waals surface area contributed by atoms with Gasteiger partial charge in [0.1, 0.15) is 0 Å². The summed E-state index contributed by atoms with van der Waals surface area (Å²) >= 11 is 2.61. The standard InChI is InChI=1S/C10H17N5O2S2/c1-5(2)4-12-9-14-15-10(19-9)18-6(3)7(16)13-8(11)17/h5-6H,4H2,1-3H3,(H,12,14)(H3,11,13,16,17). The molecule has 0 aliphatic heterocycles. The Morgan fingerprint density at radius 2 is 2.05 bits per heavy atom. The fraction of sp³-hybridized carbons (Fsp3) is 0.600. The van der Waals surface area contributed by atoms with Crippen molar-refractivity contribution in [1.29, 1.82) is 0 Å². The number of urea groups is 1. The van der Waals surface area contributed by atoms with Gasteiger partial charge in [-0.15, -0.1) is 10.2 Å². The molecule has 1 rings (SSSR count). The summed E-state index contributed by atoms with van der Waals surface area (Å²) in [5.41, 5.74) is 4.88. The van der Waals surface area contributed by atoms with Crippen molar-refractivity contribution in [3.05, 3.63) is 0 Å². The van der Waals surface area contributed by atoms with Crippen LogP contribution in [0.3, 0.4) is 0 Å². The first-order valence-corrected chi connectivity index (χ1v) is 7.42. The molecule has 0 saturated carbocycles. The Bertz CT molecular complexity index is 449. The number of hydrogen-bond acceptors (Lipinski definition) is 7. The molecule has 0 aliphatic carbocycles. The van der Waals surface area contributed by atoms with E-state index in [1.54, 1.807) is 6.92 Å². The van der Waals surface area contributed by atoms with E-state index in [0.717, 1.165) is 11.7 Å². The summed E-state index contributed by atoms with van der Waals surface area (Å²) in [6, 6.07) is -0.853. The van der Waals surface area contributed by atoms with Gasteiger partial charge in [-0.2, -0.15) is 0 Å². The Morgan fingerprint density at radius 3 is 2.63 bits per heavy atom. The first-order chi connectivity index (χ1) is 8.88. The van der Waals surface area contributed by atoms with Gasteiger partial charge in [-0.3, -0.25) is 10.1 Å². The van der Waals surface area contributed by atoms with Crippen LogP contribution >= 0.6 is 23.1 Å². The van der Waals surface area contributed by atoms with Crippen LogP contribution in [0.15, 0.2) is 4.34 Å². The van der Waals surface area contributed by atoms with Crippen LogP contribution in [0.2, 0.25) is 0 Å². The zero-order chi connectivity index (χ0) is 14.4. The lowest BCUT2D eigenvalue weighted by Crippen LogP contribution is -2.39. The molecule has 0 radical (unpaired) electrons. The Kier molecular flexibility index (Phi) is 6.03. The van der Waals surface area contributed by atoms with Crippen molar-refractivity contribution in [2.45, 2.75) is 30.4 Å². The number of amides is 3. The first kappa shape index (κ1) is 15.7. The lowest BCUT2D eigenvalue weighted by atomic mass is 10.2. The Morgan fingerprint density at radius 1 is 1.37 bits per heavy atom. The largest absolute Gasteiger partial charge is 0.360 e. The van der Waals surface area contributed by atoms with Gasteiger partial charge in [0.15, 0.2) is 4.34 Å². The zero-order valence-corrected chi connectivity index (χ0v) is 12.6. The minimum Gasteiger partial charge on any atom is -0.360 e. The maximum atomic E-state index is 11.5. The summed E-state index contributed by atoms with van der Waals surface area (Å²) in [7, 11) is 0. The fourth-order valence-corrected chi connectivity index (χ4v) is 2.95. The van der Waals surface area contributed by atoms with Crippen molar-refractivity contribution < 1.29 is 9.59 Å². The second-order valence-corrected chi connectivity index (χ2v) is 6.83. The zero-order valence-electron chi connectivity index (χ0n) is 11.0. The number of nitrogens with two attached hydrogens (primary N) is 1. The highest BCUT2D eigenvalue weighted by atomic mass is 32.2. The first-order valence-electron chi connectivity index (χ1n) is 5.72. The predicted octanol–water partition coefficient (Wildman–Crippen LogP) is 1.28. The fourth-order valence-electron chi connectivity index (χ4n) is 1.05. The summed E-state index contributed by atoms with van der Waals surface area (Å²) < 4.78 is 0.665. The SMILES string of the molecule is CC(C)CNc1nnc(SC(C)C(=O)NC(N)=O)s1. The number of nitrogens with zero attached hydrogens (tertiary/aromatic N) is 2. The van der Waals surface area contributed by atoms with E-state index in [-0.39, 0.29) is 0 Å². The van der Waals surface area contributed by atoms with Crippen molar-refractivity contribution in [3.63, 3.8) is 0 Å². The quantitative estimate of drug-likeness (QED) is 0.683. The second kappa shape index (κ2) is 7.29. The third-order valence-corrected chi connectivity index (χ3v) is 4.03. The van der Waals surface area contributed by atoms with Gasteiger partial charge in [0.05, 0.1) is 5.25 Å². The molecule has 19 heavy (non-hydrogen) atoms. The van der Waals surface area contributed by atoms with Crippen LogP contribution in [-0.4, -0.2) is 33.9 Å². The molecule has 0 aliphatic rings. The lowest BCUT2D eigenvalue weighted by molar-refractivity contribution is -0.119. The molecule has 1 aromatic rings. The van der Waals surface area contributed by atoms with Gasteiger partial charge in [0, 0.05) is 6.54 Å². The molecular formula is C10H17N5O2S2. The van der Waals surface area contributed by atoms with Crippen molar-refractivity contribution in [2.75, 3.05) is 11.9 Å². The van der Waals surface area contributed by atoms with Gasteiger partial charge >= 0.3 is 6.03 Å². The van der Waals surface area contributed by atoms with Gasteiger partial charge in [0.25, 0.3) is 0 Å². The molecule has 1 aromatic heterocycles. The topological polar surface area (TPSA) is 110 Å². The molecule has 1 heterocycles. The number of aromatic nitrogens is 2. The highest BCUT2D eigenvalue weighted by Gasteiger charge is 2.18. The van der Waals surface area contributed by atoms with Gasteiger partial charge in [-0.05, 0) is 12.8 Å². The Hall–Kier alpha value is -1.35. The number of carbonyl (C=O) groups excluding carboxylic acids is 2. The third-order valence-electron chi connectivity index (χ3n) is 1.96. The third kappa shape index (κ3) is 5.88. The summed E-state index contributed by atoms with van der Waals surface area (Å²) in [6.45, 7) is 6.68. The van der Waals surface area contributed by atoms with Gasteiger partial charge < -0.3 is 11.1 Å². The number of carbonyl (C=O) groups is 2. The van der Waals surface area contributed by atoms with Crippen LogP contribution in [0.25, 0.3) is 0 Å². The molecule has 0 bridgehead atoms. The highest BCUT2D eigenvalue weighted by Crippen LogP contribution is 2.28. The normalized spacial score (nSPS) is 12.2. The minimum atomic E-state index is -0.853. The summed E-state index contributed by atoms with van der Waals surface area (Å²) in [4.78, 5) is 22.1. The Labute approximate surface area is 119 Å². The molecule has 9 heteroatoms. The smallest absolute Gasteiger partial charge is 0.318 e. The van der Waals surface area contributed by atoms with Gasteiger partial charge in [-0.25, -0.2) is 4.79 Å². The van der Waals surface area contributed by atoms with E-state index in [1.807, 2.05) is 5.32 Å². The maximum Gasteiger partial charge on any atom is 0.318 e. The number of thioether (sulfide) groups is 1. The number of rotatable bonds is 6. The van der Waals surface area contributed by atoms with E-state index in [0.29, 0.717) is 10.3 Å². The van der Waals surface area contributed by atoms with Crippen LogP contribution < -0.4 is 16.4 Å². The molecule has 0 fully saturated rings. The molecule has 7 nitrogen and oxygen atoms in total. The van der Waals surface area contributed by atoms with Crippen molar-refractivity contribution in [2.24, 2.45) is 11.7 Å². The molecule has 106 valence electrons. The number of anilines is 1. The lowest BCUT2D eigenvalue weighted by Gasteiger charge is -2.06. The number of nitrogens with one attached hydrogen (secondary N) is 2. The van der Waals surface area contributed by atoms with Crippen LogP contribution in [0.5, 0.6) is 0 Å². The average Bonchev–Trinajstić information content (AvgIpc) is 2.73. The van der Waals surface area contributed by atoms with Gasteiger partial charge in [0.2, 0.25) is 11.0 Å². The number of imide groups is 1. The van der Waals surface area contributed by atoms with Crippen LogP contribution in [0.1, 0.15) is 20.8 Å². The number of hydrogen-bond donors (Lipinski definition) is 3. The van der Waals surface area contributed by atoms with Crippen LogP contribution in [-0.2, 0) is 4.79 Å². The molecule has 1 atom stereocenters. The van der Waals surface area contributed by atoms with Crippen LogP contribution in [0, 0.1) is 5.92 Å². The molecule has 3 amide bonds. The summed E-state index contributed by atoms with van der Waals surface area (Å²) in [5.74, 6) is 0.0738. The summed E-state index contributed by atoms with van der Waals surface area (Å²) in [5, 5.41) is 13.4. The molecule has 1 unspecified atom stereocenters. The monoisotopic (exact) mass is 303 g/mol. The molecule has 0 saturated heterocycles. The molecule has 0 spiro atoms. The van der Waals surface area contributed by atoms with Gasteiger partial charge in [-0.1, -0.05) is 36.9 Å². The average molecular weight is 303 g/mol. The number of primary amides is 1. The second-order valence-electron chi connectivity index (χ2n) is 4.26. The van der Waals surface area contributed by atoms with Crippen molar-refractivity contribution in [3.8, 4) is 0 Å². The minimum absolute atomic E-state index is 0.440. The predicted molar refractivity (Wildman–Crippen MR) is 76.3 cm³/mol. The van der Waals surface area contributed by atoms with E-state index in [2.05, 4.69) is 29.4 Å². The van der Waals surface area contributed by atoms with Crippen molar-refractivity contribution >= 4 is 40.2 Å². The van der Waals surface area contributed by atoms with Crippen molar-refractivity contribution in [1.82, 2.24) is 15.5 Å². The van der Waals surface area contributed by atoms with E-state index in [1.165, 1.54) is 23.1 Å². The molecule has 0 aromatic carbocycles. The summed E-state index contributed by atoms with van der Waals surface area (Å²) in [6.07, 6.45) is 0. The molecular weight excluding hydrogens is 286 g/mol. The van der Waals surface area contributed by atoms with E-state index in [4.69, 9.17) is 5.73 Å². The Balaban J connectivity index is 2.48. The van der Waals surface area contributed by atoms with E-state index < -0.39 is 17.2 Å². The van der Waals surface area contributed by atoms with E-state index in [9.17, 15) is 9.59 Å². The maximum absolute atomic E-state index is 11.5. The highest BCUT2D eigenvalue weighted by molar-refractivity contribution is 8.02. The van der Waals surface area contributed by atoms with E-state index >= 15 is 0 Å². The van der Waals surface area contributed by atoms with Crippen LogP contribution in [0.4, 0.5) is 9.93 Å².